The molecule has 0 spiro atoms. The molecule has 96 valence electrons. The maximum absolute atomic E-state index is 12.9. The number of halogens is 1. The molecule has 1 atom stereocenters. The minimum atomic E-state index is -0.145. The van der Waals surface area contributed by atoms with Crippen molar-refractivity contribution in [1.29, 1.82) is 0 Å². The number of hydrogen-bond donors (Lipinski definition) is 1. The lowest BCUT2D eigenvalue weighted by Crippen LogP contribution is -2.26. The summed E-state index contributed by atoms with van der Waals surface area (Å²) in [7, 11) is 0. The van der Waals surface area contributed by atoms with Crippen molar-refractivity contribution in [2.24, 2.45) is 0 Å². The monoisotopic (exact) mass is 255 g/mol. The molecule has 1 unspecified atom stereocenters. The predicted molar refractivity (Wildman–Crippen MR) is 74.1 cm³/mol. The fraction of sp³-hybridized carbons (Fsp3) is 0.571. The van der Waals surface area contributed by atoms with Gasteiger partial charge in [0.15, 0.2) is 0 Å². The second-order valence-corrected chi connectivity index (χ2v) is 5.47. The summed E-state index contributed by atoms with van der Waals surface area (Å²) in [5.74, 6) is 0.912. The fourth-order valence-corrected chi connectivity index (χ4v) is 2.55. The quantitative estimate of drug-likeness (QED) is 0.555. The van der Waals surface area contributed by atoms with Crippen molar-refractivity contribution in [2.45, 2.75) is 44.0 Å². The molecule has 0 aliphatic carbocycles. The van der Waals surface area contributed by atoms with Gasteiger partial charge in [0.1, 0.15) is 5.82 Å². The van der Waals surface area contributed by atoms with Crippen LogP contribution in [0.15, 0.2) is 29.2 Å². The van der Waals surface area contributed by atoms with Crippen LogP contribution < -0.4 is 5.32 Å². The highest BCUT2D eigenvalue weighted by molar-refractivity contribution is 7.99. The van der Waals surface area contributed by atoms with Crippen molar-refractivity contribution in [3.05, 3.63) is 30.1 Å². The zero-order valence-corrected chi connectivity index (χ0v) is 11.5. The molecule has 0 aliphatic rings. The fourth-order valence-electron chi connectivity index (χ4n) is 1.63. The number of hydrogen-bond acceptors (Lipinski definition) is 2. The van der Waals surface area contributed by atoms with Crippen LogP contribution in [0.4, 0.5) is 4.39 Å². The Morgan fingerprint density at radius 2 is 2.24 bits per heavy atom. The summed E-state index contributed by atoms with van der Waals surface area (Å²) in [5.41, 5.74) is 0. The van der Waals surface area contributed by atoms with Crippen LogP contribution in [0, 0.1) is 5.82 Å². The third-order valence-corrected chi connectivity index (χ3v) is 3.67. The Bertz CT molecular complexity index is 317. The van der Waals surface area contributed by atoms with Crippen molar-refractivity contribution in [3.63, 3.8) is 0 Å². The van der Waals surface area contributed by atoms with Crippen LogP contribution in [-0.4, -0.2) is 18.3 Å². The third-order valence-electron chi connectivity index (χ3n) is 2.59. The Balaban J connectivity index is 2.11. The van der Waals surface area contributed by atoms with E-state index in [2.05, 4.69) is 19.2 Å². The van der Waals surface area contributed by atoms with E-state index in [1.165, 1.54) is 25.3 Å². The molecule has 3 heteroatoms. The summed E-state index contributed by atoms with van der Waals surface area (Å²) in [6.07, 6.45) is 3.53. The molecule has 0 amide bonds. The van der Waals surface area contributed by atoms with E-state index in [0.29, 0.717) is 6.04 Å². The first-order chi connectivity index (χ1) is 8.22. The Morgan fingerprint density at radius 1 is 1.41 bits per heavy atom. The molecule has 1 rings (SSSR count). The summed E-state index contributed by atoms with van der Waals surface area (Å²) < 4.78 is 12.9. The number of rotatable bonds is 8. The maximum atomic E-state index is 12.9. The molecule has 0 aromatic heterocycles. The predicted octanol–water partition coefficient (Wildman–Crippen LogP) is 4.09. The number of benzene rings is 1. The van der Waals surface area contributed by atoms with Crippen molar-refractivity contribution in [2.75, 3.05) is 12.3 Å². The molecule has 0 bridgehead atoms. The van der Waals surface area contributed by atoms with Gasteiger partial charge in [0.05, 0.1) is 0 Å². The highest BCUT2D eigenvalue weighted by Crippen LogP contribution is 2.20. The Hall–Kier alpha value is -0.540. The van der Waals surface area contributed by atoms with Crippen LogP contribution in [0.3, 0.4) is 0 Å². The lowest BCUT2D eigenvalue weighted by molar-refractivity contribution is 0.510. The lowest BCUT2D eigenvalue weighted by Gasteiger charge is -2.12. The largest absolute Gasteiger partial charge is 0.314 e. The summed E-state index contributed by atoms with van der Waals surface area (Å²) >= 11 is 1.73. The summed E-state index contributed by atoms with van der Waals surface area (Å²) in [4.78, 5) is 1.03. The highest BCUT2D eigenvalue weighted by Gasteiger charge is 2.01. The van der Waals surface area contributed by atoms with Crippen molar-refractivity contribution in [3.8, 4) is 0 Å². The molecular formula is C14H22FNS. The Morgan fingerprint density at radius 3 is 2.94 bits per heavy atom. The van der Waals surface area contributed by atoms with E-state index in [-0.39, 0.29) is 5.82 Å². The maximum Gasteiger partial charge on any atom is 0.124 e. The van der Waals surface area contributed by atoms with Gasteiger partial charge in [-0.3, -0.25) is 0 Å². The standard InChI is InChI=1S/C14H22FNS/c1-3-9-16-12(2)6-5-10-17-14-8-4-7-13(15)11-14/h4,7-8,11-12,16H,3,5-6,9-10H2,1-2H3. The van der Waals surface area contributed by atoms with E-state index in [1.807, 2.05) is 6.07 Å². The van der Waals surface area contributed by atoms with Gasteiger partial charge in [0.25, 0.3) is 0 Å². The topological polar surface area (TPSA) is 12.0 Å². The molecular weight excluding hydrogens is 233 g/mol. The smallest absolute Gasteiger partial charge is 0.124 e. The first-order valence-corrected chi connectivity index (χ1v) is 7.32. The van der Waals surface area contributed by atoms with Gasteiger partial charge in [-0.05, 0) is 56.7 Å². The molecule has 0 aliphatic heterocycles. The van der Waals surface area contributed by atoms with Crippen molar-refractivity contribution < 1.29 is 4.39 Å². The van der Waals surface area contributed by atoms with Gasteiger partial charge >= 0.3 is 0 Å². The molecule has 1 nitrogen and oxygen atoms in total. The van der Waals surface area contributed by atoms with Gasteiger partial charge in [-0.15, -0.1) is 11.8 Å². The average Bonchev–Trinajstić information content (AvgIpc) is 2.32. The molecule has 0 saturated heterocycles. The van der Waals surface area contributed by atoms with Crippen LogP contribution in [0.2, 0.25) is 0 Å². The van der Waals surface area contributed by atoms with Crippen molar-refractivity contribution in [1.82, 2.24) is 5.32 Å². The van der Waals surface area contributed by atoms with E-state index < -0.39 is 0 Å². The van der Waals surface area contributed by atoms with Gasteiger partial charge in [0, 0.05) is 10.9 Å². The van der Waals surface area contributed by atoms with E-state index in [4.69, 9.17) is 0 Å². The van der Waals surface area contributed by atoms with Crippen LogP contribution in [-0.2, 0) is 0 Å². The van der Waals surface area contributed by atoms with Crippen LogP contribution >= 0.6 is 11.8 Å². The molecule has 0 fully saturated rings. The number of thioether (sulfide) groups is 1. The van der Waals surface area contributed by atoms with Gasteiger partial charge in [-0.25, -0.2) is 4.39 Å². The molecule has 1 aromatic carbocycles. The molecule has 0 saturated carbocycles. The zero-order valence-electron chi connectivity index (χ0n) is 10.7. The SMILES string of the molecule is CCCNC(C)CCCSc1cccc(F)c1. The number of nitrogens with one attached hydrogen (secondary N) is 1. The first-order valence-electron chi connectivity index (χ1n) is 6.34. The molecule has 17 heavy (non-hydrogen) atoms. The highest BCUT2D eigenvalue weighted by atomic mass is 32.2. The zero-order chi connectivity index (χ0) is 12.5. The molecule has 1 N–H and O–H groups in total. The summed E-state index contributed by atoms with van der Waals surface area (Å²) in [6.45, 7) is 5.50. The first kappa shape index (κ1) is 14.5. The third kappa shape index (κ3) is 6.69. The van der Waals surface area contributed by atoms with Crippen LogP contribution in [0.25, 0.3) is 0 Å². The van der Waals surface area contributed by atoms with Gasteiger partial charge in [0.2, 0.25) is 0 Å². The van der Waals surface area contributed by atoms with E-state index in [9.17, 15) is 4.39 Å². The second-order valence-electron chi connectivity index (χ2n) is 4.30. The minimum absolute atomic E-state index is 0.145. The lowest BCUT2D eigenvalue weighted by atomic mass is 10.2. The van der Waals surface area contributed by atoms with Crippen LogP contribution in [0.5, 0.6) is 0 Å². The Kier molecular flexibility index (Phi) is 7.29. The van der Waals surface area contributed by atoms with Crippen molar-refractivity contribution >= 4 is 11.8 Å². The van der Waals surface area contributed by atoms with Gasteiger partial charge in [-0.2, -0.15) is 0 Å². The molecule has 0 radical (unpaired) electrons. The van der Waals surface area contributed by atoms with E-state index in [1.54, 1.807) is 23.9 Å². The summed E-state index contributed by atoms with van der Waals surface area (Å²) in [6, 6.07) is 7.41. The molecule has 0 heterocycles. The van der Waals surface area contributed by atoms with Gasteiger partial charge in [-0.1, -0.05) is 13.0 Å². The van der Waals surface area contributed by atoms with Crippen LogP contribution in [0.1, 0.15) is 33.1 Å². The second kappa shape index (κ2) is 8.54. The average molecular weight is 255 g/mol. The minimum Gasteiger partial charge on any atom is -0.314 e. The normalized spacial score (nSPS) is 12.6. The van der Waals surface area contributed by atoms with E-state index in [0.717, 1.165) is 17.2 Å². The summed E-state index contributed by atoms with van der Waals surface area (Å²) in [5, 5.41) is 3.47. The van der Waals surface area contributed by atoms with Gasteiger partial charge < -0.3 is 5.32 Å². The van der Waals surface area contributed by atoms with E-state index >= 15 is 0 Å². The Labute approximate surface area is 108 Å². The molecule has 1 aromatic rings.